The Morgan fingerprint density at radius 2 is 2.11 bits per heavy atom. The zero-order valence-corrected chi connectivity index (χ0v) is 10.7. The van der Waals surface area contributed by atoms with E-state index in [4.69, 9.17) is 5.11 Å². The zero-order valence-electron chi connectivity index (χ0n) is 10.7. The molecule has 0 aromatic carbocycles. The normalized spacial score (nSPS) is 29.4. The molecule has 0 saturated carbocycles. The van der Waals surface area contributed by atoms with Gasteiger partial charge in [0.2, 0.25) is 0 Å². The van der Waals surface area contributed by atoms with E-state index >= 15 is 0 Å². The minimum atomic E-state index is -1.02. The molecule has 0 aliphatic carbocycles. The second-order valence-corrected chi connectivity index (χ2v) is 5.23. The minimum Gasteiger partial charge on any atom is -0.480 e. The number of aliphatic carboxylic acids is 1. The van der Waals surface area contributed by atoms with Gasteiger partial charge in [-0.1, -0.05) is 0 Å². The molecule has 2 aliphatic rings. The van der Waals surface area contributed by atoms with Crippen molar-refractivity contribution in [1.29, 1.82) is 0 Å². The second kappa shape index (κ2) is 5.56. The van der Waals surface area contributed by atoms with Crippen LogP contribution in [0.4, 0.5) is 4.79 Å². The van der Waals surface area contributed by atoms with Crippen molar-refractivity contribution in [3.8, 4) is 0 Å². The first kappa shape index (κ1) is 13.1. The van der Waals surface area contributed by atoms with Gasteiger partial charge in [0.15, 0.2) is 0 Å². The summed E-state index contributed by atoms with van der Waals surface area (Å²) >= 11 is 0. The monoisotopic (exact) mass is 255 g/mol. The quantitative estimate of drug-likeness (QED) is 0.681. The first-order chi connectivity index (χ1) is 8.56. The number of fused-ring (bicyclic) bond motifs is 1. The largest absolute Gasteiger partial charge is 0.480 e. The fraction of sp³-hybridized carbons (Fsp3) is 0.833. The lowest BCUT2D eigenvalue weighted by Gasteiger charge is -2.35. The van der Waals surface area contributed by atoms with E-state index < -0.39 is 12.0 Å². The summed E-state index contributed by atoms with van der Waals surface area (Å²) in [6, 6.07) is -0.454. The van der Waals surface area contributed by atoms with Gasteiger partial charge in [-0.15, -0.1) is 0 Å². The van der Waals surface area contributed by atoms with Crippen molar-refractivity contribution in [1.82, 2.24) is 15.5 Å². The Labute approximate surface area is 107 Å². The predicted molar refractivity (Wildman–Crippen MR) is 66.4 cm³/mol. The van der Waals surface area contributed by atoms with E-state index in [0.717, 1.165) is 19.4 Å². The van der Waals surface area contributed by atoms with Crippen molar-refractivity contribution < 1.29 is 14.7 Å². The second-order valence-electron chi connectivity index (χ2n) is 5.23. The lowest BCUT2D eigenvalue weighted by Crippen LogP contribution is -2.52. The molecule has 2 unspecified atom stereocenters. The minimum absolute atomic E-state index is 0.172. The fourth-order valence-electron chi connectivity index (χ4n) is 2.84. The molecule has 18 heavy (non-hydrogen) atoms. The lowest BCUT2D eigenvalue weighted by molar-refractivity contribution is -0.138. The number of nitrogens with one attached hydrogen (secondary N) is 2. The van der Waals surface area contributed by atoms with Gasteiger partial charge in [-0.25, -0.2) is 4.79 Å². The summed E-state index contributed by atoms with van der Waals surface area (Å²) in [4.78, 5) is 24.7. The van der Waals surface area contributed by atoms with Gasteiger partial charge >= 0.3 is 12.0 Å². The van der Waals surface area contributed by atoms with E-state index in [1.54, 1.807) is 0 Å². The Balaban J connectivity index is 1.76. The molecular formula is C12H21N3O3. The van der Waals surface area contributed by atoms with Crippen molar-refractivity contribution in [3.05, 3.63) is 0 Å². The van der Waals surface area contributed by atoms with Crippen LogP contribution in [-0.2, 0) is 4.79 Å². The molecule has 0 aromatic rings. The molecule has 0 aromatic heterocycles. The molecule has 2 fully saturated rings. The first-order valence-electron chi connectivity index (χ1n) is 6.60. The highest BCUT2D eigenvalue weighted by Gasteiger charge is 2.32. The third-order valence-corrected chi connectivity index (χ3v) is 3.87. The molecule has 2 rings (SSSR count). The highest BCUT2D eigenvalue weighted by molar-refractivity contribution is 5.82. The number of rotatable bonds is 3. The van der Waals surface area contributed by atoms with E-state index in [0.29, 0.717) is 6.04 Å². The standard InChI is InChI=1S/C12H21N3O3/c1-8(11(16)17)13-12(18)14-9-4-6-15-5-2-3-10(15)7-9/h8-10H,2-7H2,1H3,(H,16,17)(H2,13,14,18)/t8-,9?,10?/m1/s1. The number of nitrogens with zero attached hydrogens (tertiary/aromatic N) is 1. The number of carboxylic acids is 1. The molecule has 102 valence electrons. The molecule has 2 amide bonds. The van der Waals surface area contributed by atoms with Crippen LogP contribution in [0.5, 0.6) is 0 Å². The van der Waals surface area contributed by atoms with Crippen molar-refractivity contribution >= 4 is 12.0 Å². The maximum atomic E-state index is 11.6. The number of piperidine rings is 1. The Morgan fingerprint density at radius 3 is 2.83 bits per heavy atom. The molecule has 6 heteroatoms. The number of carboxylic acid groups (broad SMARTS) is 1. The van der Waals surface area contributed by atoms with Crippen LogP contribution >= 0.6 is 0 Å². The van der Waals surface area contributed by atoms with Gasteiger partial charge in [-0.3, -0.25) is 4.79 Å². The average Bonchev–Trinajstić information content (AvgIpc) is 2.75. The van der Waals surface area contributed by atoms with Gasteiger partial charge in [0.1, 0.15) is 6.04 Å². The Kier molecular flexibility index (Phi) is 4.06. The van der Waals surface area contributed by atoms with Crippen LogP contribution < -0.4 is 10.6 Å². The van der Waals surface area contributed by atoms with Crippen LogP contribution in [0.2, 0.25) is 0 Å². The van der Waals surface area contributed by atoms with Gasteiger partial charge in [0, 0.05) is 18.6 Å². The summed E-state index contributed by atoms with van der Waals surface area (Å²) in [5.74, 6) is -1.02. The summed E-state index contributed by atoms with van der Waals surface area (Å²) in [7, 11) is 0. The van der Waals surface area contributed by atoms with E-state index in [-0.39, 0.29) is 12.1 Å². The van der Waals surface area contributed by atoms with Gasteiger partial charge in [-0.2, -0.15) is 0 Å². The van der Waals surface area contributed by atoms with Gasteiger partial charge < -0.3 is 20.6 Å². The van der Waals surface area contributed by atoms with Crippen molar-refractivity contribution in [2.45, 2.75) is 50.7 Å². The fourth-order valence-corrected chi connectivity index (χ4v) is 2.84. The third-order valence-electron chi connectivity index (χ3n) is 3.87. The number of hydrogen-bond acceptors (Lipinski definition) is 3. The smallest absolute Gasteiger partial charge is 0.325 e. The van der Waals surface area contributed by atoms with Crippen molar-refractivity contribution in [3.63, 3.8) is 0 Å². The van der Waals surface area contributed by atoms with E-state index in [1.165, 1.54) is 26.3 Å². The Bertz CT molecular complexity index is 335. The molecule has 0 bridgehead atoms. The van der Waals surface area contributed by atoms with Gasteiger partial charge in [-0.05, 0) is 39.2 Å². The average molecular weight is 255 g/mol. The van der Waals surface area contributed by atoms with E-state index in [2.05, 4.69) is 15.5 Å². The lowest BCUT2D eigenvalue weighted by atomic mass is 9.98. The molecule has 2 heterocycles. The van der Waals surface area contributed by atoms with Crippen molar-refractivity contribution in [2.24, 2.45) is 0 Å². The Hall–Kier alpha value is -1.30. The first-order valence-corrected chi connectivity index (χ1v) is 6.60. The summed E-state index contributed by atoms with van der Waals surface area (Å²) in [5, 5.41) is 14.0. The van der Waals surface area contributed by atoms with Gasteiger partial charge in [0.05, 0.1) is 0 Å². The molecular weight excluding hydrogens is 234 g/mol. The topological polar surface area (TPSA) is 81.7 Å². The summed E-state index contributed by atoms with van der Waals surface area (Å²) in [5.41, 5.74) is 0. The van der Waals surface area contributed by atoms with Crippen LogP contribution in [0.3, 0.4) is 0 Å². The van der Waals surface area contributed by atoms with E-state index in [1.807, 2.05) is 0 Å². The highest BCUT2D eigenvalue weighted by atomic mass is 16.4. The number of hydrogen-bond donors (Lipinski definition) is 3. The highest BCUT2D eigenvalue weighted by Crippen LogP contribution is 2.26. The number of carbonyl (C=O) groups is 2. The predicted octanol–water partition coefficient (Wildman–Crippen LogP) is 0.386. The molecule has 2 aliphatic heterocycles. The maximum Gasteiger partial charge on any atom is 0.325 e. The molecule has 2 saturated heterocycles. The maximum absolute atomic E-state index is 11.6. The number of amides is 2. The number of carbonyl (C=O) groups excluding carboxylic acids is 1. The summed E-state index contributed by atoms with van der Waals surface area (Å²) in [6.45, 7) is 3.67. The van der Waals surface area contributed by atoms with Crippen LogP contribution in [0.25, 0.3) is 0 Å². The summed E-state index contributed by atoms with van der Waals surface area (Å²) < 4.78 is 0. The molecule has 0 radical (unpaired) electrons. The number of urea groups is 1. The molecule has 0 spiro atoms. The molecule has 6 nitrogen and oxygen atoms in total. The van der Waals surface area contributed by atoms with E-state index in [9.17, 15) is 9.59 Å². The van der Waals surface area contributed by atoms with Gasteiger partial charge in [0.25, 0.3) is 0 Å². The molecule has 3 atom stereocenters. The SMILES string of the molecule is C[C@@H](NC(=O)NC1CCN2CCCC2C1)C(=O)O. The Morgan fingerprint density at radius 1 is 1.33 bits per heavy atom. The zero-order chi connectivity index (χ0) is 13.1. The van der Waals surface area contributed by atoms with Crippen LogP contribution in [0.15, 0.2) is 0 Å². The summed E-state index contributed by atoms with van der Waals surface area (Å²) in [6.07, 6.45) is 4.39. The van der Waals surface area contributed by atoms with Crippen LogP contribution in [-0.4, -0.2) is 53.2 Å². The van der Waals surface area contributed by atoms with Crippen LogP contribution in [0.1, 0.15) is 32.6 Å². The molecule has 3 N–H and O–H groups in total. The van der Waals surface area contributed by atoms with Crippen LogP contribution in [0, 0.1) is 0 Å². The van der Waals surface area contributed by atoms with Crippen molar-refractivity contribution in [2.75, 3.05) is 13.1 Å². The third kappa shape index (κ3) is 3.13.